The molecule has 0 aromatic heterocycles. The van der Waals surface area contributed by atoms with Crippen LogP contribution in [0.5, 0.6) is 0 Å². The van der Waals surface area contributed by atoms with Crippen molar-refractivity contribution in [3.05, 3.63) is 0 Å². The first-order valence-electron chi connectivity index (χ1n) is 21.0. The summed E-state index contributed by atoms with van der Waals surface area (Å²) < 4.78 is 0. The largest absolute Gasteiger partial charge is 0.481 e. The third-order valence-electron chi connectivity index (χ3n) is 8.98. The van der Waals surface area contributed by atoms with Crippen LogP contribution in [0.3, 0.4) is 0 Å². The van der Waals surface area contributed by atoms with Gasteiger partial charge in [-0.25, -0.2) is 0 Å². The summed E-state index contributed by atoms with van der Waals surface area (Å²) in [5.41, 5.74) is 0. The van der Waals surface area contributed by atoms with Gasteiger partial charge in [0.1, 0.15) is 0 Å². The molecule has 0 aliphatic heterocycles. The molecular formula is C42H84O6Ru. The van der Waals surface area contributed by atoms with Gasteiger partial charge in [0.15, 0.2) is 0 Å². The molecule has 0 aliphatic carbocycles. The Bertz CT molecular complexity index is 557. The molecule has 0 atom stereocenters. The molecule has 0 fully saturated rings. The van der Waals surface area contributed by atoms with Crippen molar-refractivity contribution in [3.8, 4) is 0 Å². The van der Waals surface area contributed by atoms with Crippen LogP contribution in [-0.2, 0) is 33.9 Å². The Morgan fingerprint density at radius 2 is 0.388 bits per heavy atom. The number of carboxylic acids is 3. The van der Waals surface area contributed by atoms with Gasteiger partial charge in [0.2, 0.25) is 0 Å². The molecule has 49 heavy (non-hydrogen) atoms. The Kier molecular flexibility index (Phi) is 57.5. The van der Waals surface area contributed by atoms with Crippen LogP contribution in [-0.4, -0.2) is 33.2 Å². The van der Waals surface area contributed by atoms with Crippen molar-refractivity contribution in [1.82, 2.24) is 0 Å². The summed E-state index contributed by atoms with van der Waals surface area (Å²) in [7, 11) is 0. The molecule has 0 aliphatic rings. The van der Waals surface area contributed by atoms with Gasteiger partial charge in [-0.2, -0.15) is 0 Å². The van der Waals surface area contributed by atoms with Crippen LogP contribution >= 0.6 is 0 Å². The van der Waals surface area contributed by atoms with Gasteiger partial charge in [-0.15, -0.1) is 0 Å². The van der Waals surface area contributed by atoms with E-state index < -0.39 is 17.9 Å². The van der Waals surface area contributed by atoms with E-state index in [0.717, 1.165) is 38.5 Å². The zero-order chi connectivity index (χ0) is 36.2. The van der Waals surface area contributed by atoms with Gasteiger partial charge in [-0.3, -0.25) is 14.4 Å². The van der Waals surface area contributed by atoms with Gasteiger partial charge >= 0.3 is 17.9 Å². The molecule has 7 heteroatoms. The number of carbonyl (C=O) groups is 3. The van der Waals surface area contributed by atoms with Crippen molar-refractivity contribution >= 4 is 17.9 Å². The monoisotopic (exact) mass is 787 g/mol. The molecule has 0 spiro atoms. The Morgan fingerprint density at radius 1 is 0.265 bits per heavy atom. The number of carboxylic acid groups (broad SMARTS) is 3. The van der Waals surface area contributed by atoms with Crippen LogP contribution in [0.4, 0.5) is 0 Å². The quantitative estimate of drug-likeness (QED) is 0.0431. The molecule has 0 rings (SSSR count). The first-order valence-corrected chi connectivity index (χ1v) is 21.0. The minimum absolute atomic E-state index is 0. The van der Waals surface area contributed by atoms with E-state index in [2.05, 4.69) is 20.8 Å². The fourth-order valence-electron chi connectivity index (χ4n) is 5.82. The fourth-order valence-corrected chi connectivity index (χ4v) is 5.82. The second-order valence-electron chi connectivity index (χ2n) is 14.0. The van der Waals surface area contributed by atoms with E-state index in [9.17, 15) is 14.4 Å². The molecule has 0 amide bonds. The molecule has 6 nitrogen and oxygen atoms in total. The molecular weight excluding hydrogens is 702 g/mol. The Morgan fingerprint density at radius 3 is 0.510 bits per heavy atom. The van der Waals surface area contributed by atoms with Crippen LogP contribution < -0.4 is 0 Å². The van der Waals surface area contributed by atoms with Gasteiger partial charge in [-0.1, -0.05) is 213 Å². The Labute approximate surface area is 317 Å². The topological polar surface area (TPSA) is 112 Å². The van der Waals surface area contributed by atoms with E-state index in [1.54, 1.807) is 0 Å². The Balaban J connectivity index is -0.000000307. The first kappa shape index (κ1) is 54.8. The number of aliphatic carboxylic acids is 3. The maximum Gasteiger partial charge on any atom is 0.303 e. The van der Waals surface area contributed by atoms with Crippen molar-refractivity contribution in [2.24, 2.45) is 0 Å². The predicted octanol–water partition coefficient (Wildman–Crippen LogP) is 14.3. The average Bonchev–Trinajstić information content (AvgIpc) is 3.05. The predicted molar refractivity (Wildman–Crippen MR) is 206 cm³/mol. The van der Waals surface area contributed by atoms with Gasteiger partial charge < -0.3 is 15.3 Å². The summed E-state index contributed by atoms with van der Waals surface area (Å²) in [6.45, 7) is 6.74. The number of hydrogen-bond donors (Lipinski definition) is 3. The zero-order valence-electron chi connectivity index (χ0n) is 32.9. The van der Waals surface area contributed by atoms with Crippen molar-refractivity contribution < 1.29 is 49.2 Å². The molecule has 296 valence electrons. The molecule has 0 aromatic carbocycles. The van der Waals surface area contributed by atoms with E-state index in [-0.39, 0.29) is 19.5 Å². The molecule has 0 radical (unpaired) electrons. The van der Waals surface area contributed by atoms with Crippen molar-refractivity contribution in [1.29, 1.82) is 0 Å². The van der Waals surface area contributed by atoms with Crippen LogP contribution in [0, 0.1) is 0 Å². The Hall–Kier alpha value is -0.967. The van der Waals surface area contributed by atoms with Gasteiger partial charge in [-0.05, 0) is 19.3 Å². The van der Waals surface area contributed by atoms with E-state index in [1.165, 1.54) is 173 Å². The molecule has 0 bridgehead atoms. The zero-order valence-corrected chi connectivity index (χ0v) is 34.6. The second kappa shape index (κ2) is 51.4. The standard InChI is InChI=1S/3C14H28O2.Ru/c3*1-2-3-4-5-6-7-8-9-10-11-12-13-14(15)16;/h3*2-13H2,1H3,(H,15,16);. The third-order valence-corrected chi connectivity index (χ3v) is 8.98. The third kappa shape index (κ3) is 65.9. The smallest absolute Gasteiger partial charge is 0.303 e. The van der Waals surface area contributed by atoms with Crippen molar-refractivity contribution in [2.45, 2.75) is 252 Å². The maximum absolute atomic E-state index is 10.3. The molecule has 0 saturated heterocycles. The molecule has 0 saturated carbocycles. The number of hydrogen-bond acceptors (Lipinski definition) is 3. The normalized spacial score (nSPS) is 10.3. The molecule has 0 heterocycles. The summed E-state index contributed by atoms with van der Waals surface area (Å²) >= 11 is 0. The van der Waals surface area contributed by atoms with Crippen molar-refractivity contribution in [2.75, 3.05) is 0 Å². The summed E-state index contributed by atoms with van der Waals surface area (Å²) in [4.78, 5) is 30.8. The van der Waals surface area contributed by atoms with Gasteiger partial charge in [0.05, 0.1) is 0 Å². The maximum atomic E-state index is 10.3. The number of rotatable bonds is 36. The van der Waals surface area contributed by atoms with Crippen LogP contribution in [0.15, 0.2) is 0 Å². The minimum Gasteiger partial charge on any atom is -0.481 e. The molecule has 3 N–H and O–H groups in total. The second-order valence-corrected chi connectivity index (χ2v) is 14.0. The van der Waals surface area contributed by atoms with Crippen LogP contribution in [0.1, 0.15) is 252 Å². The van der Waals surface area contributed by atoms with Gasteiger partial charge in [0, 0.05) is 38.7 Å². The molecule has 0 aromatic rings. The summed E-state index contributed by atoms with van der Waals surface area (Å²) in [6, 6.07) is 0. The SMILES string of the molecule is CCCCCCCCCCCCCC(=O)O.CCCCCCCCCCCCCC(=O)O.CCCCCCCCCCCCCC(=O)O.[Ru]. The summed E-state index contributed by atoms with van der Waals surface area (Å²) in [5, 5.41) is 25.4. The number of unbranched alkanes of at least 4 members (excludes halogenated alkanes) is 30. The van der Waals surface area contributed by atoms with E-state index in [0.29, 0.717) is 19.3 Å². The molecule has 0 unspecified atom stereocenters. The summed E-state index contributed by atoms with van der Waals surface area (Å²) in [5.74, 6) is -1.97. The first-order chi connectivity index (χ1) is 23.3. The summed E-state index contributed by atoms with van der Waals surface area (Å²) in [6.07, 6.45) is 43.1. The van der Waals surface area contributed by atoms with E-state index in [4.69, 9.17) is 15.3 Å². The van der Waals surface area contributed by atoms with Crippen LogP contribution in [0.25, 0.3) is 0 Å². The fraction of sp³-hybridized carbons (Fsp3) is 0.929. The van der Waals surface area contributed by atoms with E-state index >= 15 is 0 Å². The van der Waals surface area contributed by atoms with E-state index in [1.807, 2.05) is 0 Å². The van der Waals surface area contributed by atoms with Crippen molar-refractivity contribution in [3.63, 3.8) is 0 Å². The average molecular weight is 786 g/mol. The van der Waals surface area contributed by atoms with Crippen LogP contribution in [0.2, 0.25) is 0 Å². The van der Waals surface area contributed by atoms with Gasteiger partial charge in [0.25, 0.3) is 0 Å². The minimum atomic E-state index is -0.657.